The number of ether oxygens (including phenoxy) is 1. The van der Waals surface area contributed by atoms with Crippen LogP contribution in [0.25, 0.3) is 0 Å². The van der Waals surface area contributed by atoms with Crippen LogP contribution in [0.4, 0.5) is 4.79 Å². The first-order valence-electron chi connectivity index (χ1n) is 5.49. The lowest BCUT2D eigenvalue weighted by Crippen LogP contribution is -2.50. The molecule has 1 aliphatic heterocycles. The van der Waals surface area contributed by atoms with Crippen LogP contribution in [-0.4, -0.2) is 56.0 Å². The lowest BCUT2D eigenvalue weighted by atomic mass is 9.80. The van der Waals surface area contributed by atoms with Gasteiger partial charge in [0.25, 0.3) is 0 Å². The van der Waals surface area contributed by atoms with Gasteiger partial charge >= 0.3 is 12.0 Å². The van der Waals surface area contributed by atoms with E-state index in [-0.39, 0.29) is 6.54 Å². The van der Waals surface area contributed by atoms with Crippen LogP contribution in [0, 0.1) is 5.41 Å². The molecule has 1 saturated heterocycles. The van der Waals surface area contributed by atoms with Gasteiger partial charge in [-0.05, 0) is 12.8 Å². The summed E-state index contributed by atoms with van der Waals surface area (Å²) >= 11 is 0. The number of nitrogens with zero attached hydrogens (tertiary/aromatic N) is 1. The average Bonchev–Trinajstić information content (AvgIpc) is 2.26. The Labute approximate surface area is 100 Å². The van der Waals surface area contributed by atoms with Gasteiger partial charge in [-0.25, -0.2) is 9.80 Å². The smallest absolute Gasteiger partial charge is 0.329 e. The Balaban J connectivity index is 2.50. The summed E-state index contributed by atoms with van der Waals surface area (Å²) in [6.07, 6.45) is 0.842. The number of hydrogen-bond donors (Lipinski definition) is 3. The molecule has 0 atom stereocenters. The van der Waals surface area contributed by atoms with E-state index in [1.807, 2.05) is 0 Å². The molecule has 0 aromatic carbocycles. The number of aliphatic carboxylic acids is 1. The summed E-state index contributed by atoms with van der Waals surface area (Å²) in [5.41, 5.74) is 1.60. The highest BCUT2D eigenvalue weighted by Crippen LogP contribution is 2.29. The highest BCUT2D eigenvalue weighted by molar-refractivity contribution is 5.78. The SMILES string of the molecule is CN(C)NC(=O)NCC1(C(=O)O)CCOCC1. The Hall–Kier alpha value is -1.34. The van der Waals surface area contributed by atoms with E-state index in [4.69, 9.17) is 4.74 Å². The zero-order valence-electron chi connectivity index (χ0n) is 10.2. The van der Waals surface area contributed by atoms with Crippen molar-refractivity contribution in [3.05, 3.63) is 0 Å². The number of carboxylic acid groups (broad SMARTS) is 1. The molecule has 1 heterocycles. The van der Waals surface area contributed by atoms with E-state index in [1.165, 1.54) is 5.01 Å². The molecule has 3 N–H and O–H groups in total. The predicted molar refractivity (Wildman–Crippen MR) is 60.3 cm³/mol. The van der Waals surface area contributed by atoms with Crippen LogP contribution in [0.1, 0.15) is 12.8 Å². The Morgan fingerprint density at radius 1 is 1.35 bits per heavy atom. The standard InChI is InChI=1S/C10H19N3O4/c1-13(2)12-9(16)11-7-10(8(14)15)3-5-17-6-4-10/h3-7H2,1-2H3,(H,14,15)(H2,11,12,16). The predicted octanol–water partition coefficient (Wildman–Crippen LogP) is -0.356. The summed E-state index contributed by atoms with van der Waals surface area (Å²) < 4.78 is 5.15. The van der Waals surface area contributed by atoms with Gasteiger partial charge in [0.15, 0.2) is 0 Å². The quantitative estimate of drug-likeness (QED) is 0.589. The monoisotopic (exact) mass is 245 g/mol. The first-order chi connectivity index (χ1) is 7.96. The van der Waals surface area contributed by atoms with Gasteiger partial charge in [-0.15, -0.1) is 0 Å². The normalized spacial score (nSPS) is 18.8. The number of carbonyl (C=O) groups is 2. The Morgan fingerprint density at radius 3 is 2.41 bits per heavy atom. The molecule has 2 amide bonds. The van der Waals surface area contributed by atoms with Gasteiger partial charge in [0.05, 0.1) is 5.41 Å². The van der Waals surface area contributed by atoms with Crippen molar-refractivity contribution in [1.82, 2.24) is 15.8 Å². The molecule has 0 saturated carbocycles. The number of hydrazine groups is 1. The molecule has 0 radical (unpaired) electrons. The van der Waals surface area contributed by atoms with Crippen molar-refractivity contribution in [1.29, 1.82) is 0 Å². The molecule has 0 spiro atoms. The minimum absolute atomic E-state index is 0.116. The Kier molecular flexibility index (Phi) is 4.71. The van der Waals surface area contributed by atoms with Crippen molar-refractivity contribution in [2.24, 2.45) is 5.41 Å². The minimum atomic E-state index is -0.901. The van der Waals surface area contributed by atoms with Gasteiger partial charge in [0.2, 0.25) is 0 Å². The van der Waals surface area contributed by atoms with Crippen molar-refractivity contribution in [3.8, 4) is 0 Å². The van der Waals surface area contributed by atoms with Crippen LogP contribution in [0.3, 0.4) is 0 Å². The fourth-order valence-corrected chi connectivity index (χ4v) is 1.72. The zero-order chi connectivity index (χ0) is 12.9. The first kappa shape index (κ1) is 13.7. The van der Waals surface area contributed by atoms with E-state index >= 15 is 0 Å². The van der Waals surface area contributed by atoms with Crippen molar-refractivity contribution >= 4 is 12.0 Å². The summed E-state index contributed by atoms with van der Waals surface area (Å²) in [7, 11) is 3.36. The summed E-state index contributed by atoms with van der Waals surface area (Å²) in [5, 5.41) is 13.3. The Bertz CT molecular complexity index is 287. The second kappa shape index (κ2) is 5.83. The molecule has 0 aromatic rings. The maximum absolute atomic E-state index is 11.4. The zero-order valence-corrected chi connectivity index (χ0v) is 10.2. The fourth-order valence-electron chi connectivity index (χ4n) is 1.72. The number of carboxylic acids is 1. The van der Waals surface area contributed by atoms with E-state index < -0.39 is 17.4 Å². The second-order valence-corrected chi connectivity index (χ2v) is 4.39. The highest BCUT2D eigenvalue weighted by Gasteiger charge is 2.40. The third-order valence-electron chi connectivity index (χ3n) is 2.82. The number of urea groups is 1. The van der Waals surface area contributed by atoms with Crippen LogP contribution in [0.2, 0.25) is 0 Å². The summed E-state index contributed by atoms with van der Waals surface area (Å²) in [6.45, 7) is 0.956. The van der Waals surface area contributed by atoms with Crippen LogP contribution in [-0.2, 0) is 9.53 Å². The third-order valence-corrected chi connectivity index (χ3v) is 2.82. The van der Waals surface area contributed by atoms with Crippen molar-refractivity contribution in [3.63, 3.8) is 0 Å². The topological polar surface area (TPSA) is 90.9 Å². The molecule has 0 bridgehead atoms. The maximum atomic E-state index is 11.4. The van der Waals surface area contributed by atoms with Crippen molar-refractivity contribution in [2.45, 2.75) is 12.8 Å². The molecule has 1 aliphatic rings. The maximum Gasteiger partial charge on any atom is 0.329 e. The molecule has 7 nitrogen and oxygen atoms in total. The van der Waals surface area contributed by atoms with Crippen LogP contribution < -0.4 is 10.7 Å². The Morgan fingerprint density at radius 2 is 1.94 bits per heavy atom. The minimum Gasteiger partial charge on any atom is -0.481 e. The highest BCUT2D eigenvalue weighted by atomic mass is 16.5. The third kappa shape index (κ3) is 3.86. The van der Waals surface area contributed by atoms with Gasteiger partial charge in [0, 0.05) is 33.9 Å². The van der Waals surface area contributed by atoms with Gasteiger partial charge < -0.3 is 15.2 Å². The van der Waals surface area contributed by atoms with E-state index in [1.54, 1.807) is 14.1 Å². The average molecular weight is 245 g/mol. The molecule has 7 heteroatoms. The molecule has 1 fully saturated rings. The van der Waals surface area contributed by atoms with Crippen molar-refractivity contribution in [2.75, 3.05) is 33.9 Å². The lowest BCUT2D eigenvalue weighted by Gasteiger charge is -2.33. The van der Waals surface area contributed by atoms with E-state index in [9.17, 15) is 14.7 Å². The van der Waals surface area contributed by atoms with E-state index in [0.717, 1.165) is 0 Å². The van der Waals surface area contributed by atoms with Gasteiger partial charge in [0.1, 0.15) is 0 Å². The van der Waals surface area contributed by atoms with E-state index in [0.29, 0.717) is 26.1 Å². The molecule has 98 valence electrons. The lowest BCUT2D eigenvalue weighted by molar-refractivity contribution is -0.154. The van der Waals surface area contributed by atoms with Gasteiger partial charge in [-0.3, -0.25) is 10.2 Å². The van der Waals surface area contributed by atoms with Crippen LogP contribution in [0.15, 0.2) is 0 Å². The summed E-state index contributed by atoms with van der Waals surface area (Å²) in [4.78, 5) is 22.6. The molecule has 0 unspecified atom stereocenters. The van der Waals surface area contributed by atoms with E-state index in [2.05, 4.69) is 10.7 Å². The molecule has 1 rings (SSSR count). The second-order valence-electron chi connectivity index (χ2n) is 4.39. The molecule has 0 aliphatic carbocycles. The summed E-state index contributed by atoms with van der Waals surface area (Å²) in [5.74, 6) is -0.883. The fraction of sp³-hybridized carbons (Fsp3) is 0.800. The molecule has 0 aromatic heterocycles. The molecular weight excluding hydrogens is 226 g/mol. The number of amides is 2. The number of hydrogen-bond acceptors (Lipinski definition) is 4. The van der Waals surface area contributed by atoms with Gasteiger partial charge in [-0.1, -0.05) is 0 Å². The molecular formula is C10H19N3O4. The van der Waals surface area contributed by atoms with Crippen LogP contribution >= 0.6 is 0 Å². The number of carbonyl (C=O) groups excluding carboxylic acids is 1. The van der Waals surface area contributed by atoms with Crippen LogP contribution in [0.5, 0.6) is 0 Å². The van der Waals surface area contributed by atoms with Crippen molar-refractivity contribution < 1.29 is 19.4 Å². The number of rotatable bonds is 4. The first-order valence-corrected chi connectivity index (χ1v) is 5.49. The largest absolute Gasteiger partial charge is 0.481 e. The molecule has 17 heavy (non-hydrogen) atoms. The number of nitrogens with one attached hydrogen (secondary N) is 2. The summed E-state index contributed by atoms with van der Waals surface area (Å²) in [6, 6.07) is -0.401. The van der Waals surface area contributed by atoms with Gasteiger partial charge in [-0.2, -0.15) is 0 Å².